The molecule has 0 atom stereocenters. The first kappa shape index (κ1) is 20.2. The van der Waals surface area contributed by atoms with Crippen molar-refractivity contribution in [3.63, 3.8) is 0 Å². The first-order valence-corrected chi connectivity index (χ1v) is 10.6. The zero-order valence-corrected chi connectivity index (χ0v) is 17.4. The molecule has 8 nitrogen and oxygen atoms in total. The van der Waals surface area contributed by atoms with Crippen LogP contribution in [0.5, 0.6) is 5.75 Å². The van der Waals surface area contributed by atoms with Crippen molar-refractivity contribution in [1.29, 1.82) is 0 Å². The van der Waals surface area contributed by atoms with Crippen molar-refractivity contribution in [1.82, 2.24) is 14.8 Å². The Hall–Kier alpha value is -3.04. The zero-order chi connectivity index (χ0) is 20.9. The first-order valence-electron chi connectivity index (χ1n) is 9.65. The Labute approximate surface area is 178 Å². The van der Waals surface area contributed by atoms with Crippen LogP contribution in [0.1, 0.15) is 0 Å². The van der Waals surface area contributed by atoms with Gasteiger partial charge in [0, 0.05) is 25.7 Å². The van der Waals surface area contributed by atoms with E-state index >= 15 is 0 Å². The molecule has 2 heterocycles. The predicted molar refractivity (Wildman–Crippen MR) is 117 cm³/mol. The Kier molecular flexibility index (Phi) is 6.20. The summed E-state index contributed by atoms with van der Waals surface area (Å²) < 4.78 is 7.26. The van der Waals surface area contributed by atoms with Gasteiger partial charge in [-0.3, -0.25) is 4.79 Å². The van der Waals surface area contributed by atoms with Crippen molar-refractivity contribution < 1.29 is 14.6 Å². The van der Waals surface area contributed by atoms with Crippen molar-refractivity contribution in [3.8, 4) is 17.1 Å². The number of aromatic nitrogens is 3. The molecule has 3 aromatic rings. The Morgan fingerprint density at radius 3 is 2.63 bits per heavy atom. The highest BCUT2D eigenvalue weighted by Crippen LogP contribution is 2.27. The number of hydrogen-bond donors (Lipinski definition) is 2. The van der Waals surface area contributed by atoms with E-state index in [1.165, 1.54) is 11.8 Å². The molecule has 0 unspecified atom stereocenters. The number of nitrogens with zero attached hydrogens (tertiary/aromatic N) is 4. The summed E-state index contributed by atoms with van der Waals surface area (Å²) in [5.74, 6) is 0.994. The number of amides is 1. The zero-order valence-electron chi connectivity index (χ0n) is 16.6. The van der Waals surface area contributed by atoms with Crippen LogP contribution in [0, 0.1) is 0 Å². The Morgan fingerprint density at radius 2 is 1.87 bits per heavy atom. The molecule has 1 aliphatic heterocycles. The minimum absolute atomic E-state index is 0.102. The maximum absolute atomic E-state index is 12.6. The van der Waals surface area contributed by atoms with Gasteiger partial charge in [-0.25, -0.2) is 0 Å². The summed E-state index contributed by atoms with van der Waals surface area (Å²) in [4.78, 5) is 14.8. The summed E-state index contributed by atoms with van der Waals surface area (Å²) in [7, 11) is 1.86. The van der Waals surface area contributed by atoms with Gasteiger partial charge in [-0.1, -0.05) is 23.9 Å². The SMILES string of the molecule is Cn1c(SCC(=O)Nc2ccccc2N2CCOCC2)nnc1-c1ccc(O)cc1. The number of carbonyl (C=O) groups is 1. The highest BCUT2D eigenvalue weighted by molar-refractivity contribution is 7.99. The Bertz CT molecular complexity index is 1020. The second kappa shape index (κ2) is 9.19. The number of nitrogens with one attached hydrogen (secondary N) is 1. The number of para-hydroxylation sites is 2. The van der Waals surface area contributed by atoms with E-state index in [1.54, 1.807) is 24.3 Å². The minimum atomic E-state index is -0.102. The molecule has 1 amide bonds. The number of benzene rings is 2. The summed E-state index contributed by atoms with van der Waals surface area (Å²) >= 11 is 1.33. The molecular formula is C21H23N5O3S. The van der Waals surface area contributed by atoms with Crippen LogP contribution in [0.3, 0.4) is 0 Å². The average Bonchev–Trinajstić information content (AvgIpc) is 3.14. The molecular weight excluding hydrogens is 402 g/mol. The molecule has 156 valence electrons. The van der Waals surface area contributed by atoms with E-state index in [0.29, 0.717) is 24.2 Å². The third-order valence-corrected chi connectivity index (χ3v) is 5.84. The number of rotatable bonds is 6. The van der Waals surface area contributed by atoms with Gasteiger partial charge in [-0.15, -0.1) is 10.2 Å². The fraction of sp³-hybridized carbons (Fsp3) is 0.286. The third kappa shape index (κ3) is 4.58. The lowest BCUT2D eigenvalue weighted by Gasteiger charge is -2.30. The molecule has 0 aliphatic carbocycles. The van der Waals surface area contributed by atoms with Crippen LogP contribution in [0.15, 0.2) is 53.7 Å². The van der Waals surface area contributed by atoms with E-state index in [1.807, 2.05) is 35.9 Å². The number of aromatic hydroxyl groups is 1. The second-order valence-corrected chi connectivity index (χ2v) is 7.81. The maximum Gasteiger partial charge on any atom is 0.234 e. The van der Waals surface area contributed by atoms with E-state index in [0.717, 1.165) is 30.0 Å². The summed E-state index contributed by atoms with van der Waals surface area (Å²) in [5, 5.41) is 21.5. The van der Waals surface area contributed by atoms with E-state index in [4.69, 9.17) is 4.74 Å². The van der Waals surface area contributed by atoms with Crippen molar-refractivity contribution in [3.05, 3.63) is 48.5 Å². The highest BCUT2D eigenvalue weighted by atomic mass is 32.2. The number of anilines is 2. The van der Waals surface area contributed by atoms with Crippen molar-refractivity contribution in [2.45, 2.75) is 5.16 Å². The van der Waals surface area contributed by atoms with Crippen LogP contribution in [0.25, 0.3) is 11.4 Å². The number of carbonyl (C=O) groups excluding carboxylic acids is 1. The topological polar surface area (TPSA) is 92.5 Å². The molecule has 1 fully saturated rings. The number of phenols is 1. The summed E-state index contributed by atoms with van der Waals surface area (Å²) in [5.41, 5.74) is 2.65. The fourth-order valence-electron chi connectivity index (χ4n) is 3.28. The normalized spacial score (nSPS) is 14.0. The maximum atomic E-state index is 12.6. The molecule has 30 heavy (non-hydrogen) atoms. The Morgan fingerprint density at radius 1 is 1.13 bits per heavy atom. The molecule has 0 bridgehead atoms. The van der Waals surface area contributed by atoms with Crippen LogP contribution < -0.4 is 10.2 Å². The average molecular weight is 426 g/mol. The van der Waals surface area contributed by atoms with Gasteiger partial charge in [0.2, 0.25) is 5.91 Å². The van der Waals surface area contributed by atoms with Gasteiger partial charge in [0.1, 0.15) is 5.75 Å². The number of hydrogen-bond acceptors (Lipinski definition) is 7. The fourth-order valence-corrected chi connectivity index (χ4v) is 3.99. The van der Waals surface area contributed by atoms with Gasteiger partial charge >= 0.3 is 0 Å². The Balaban J connectivity index is 1.40. The summed E-state index contributed by atoms with van der Waals surface area (Å²) in [6.07, 6.45) is 0. The van der Waals surface area contributed by atoms with E-state index in [2.05, 4.69) is 20.4 Å². The first-order chi connectivity index (χ1) is 14.6. The van der Waals surface area contributed by atoms with Crippen LogP contribution in [0.2, 0.25) is 0 Å². The number of ether oxygens (including phenoxy) is 1. The minimum Gasteiger partial charge on any atom is -0.508 e. The summed E-state index contributed by atoms with van der Waals surface area (Å²) in [6, 6.07) is 14.6. The van der Waals surface area contributed by atoms with Crippen molar-refractivity contribution in [2.75, 3.05) is 42.3 Å². The van der Waals surface area contributed by atoms with Gasteiger partial charge < -0.3 is 24.6 Å². The predicted octanol–water partition coefficient (Wildman–Crippen LogP) is 2.76. The molecule has 4 rings (SSSR count). The second-order valence-electron chi connectivity index (χ2n) is 6.87. The van der Waals surface area contributed by atoms with Gasteiger partial charge in [0.15, 0.2) is 11.0 Å². The quantitative estimate of drug-likeness (QED) is 0.587. The molecule has 2 aromatic carbocycles. The molecule has 1 aromatic heterocycles. The third-order valence-electron chi connectivity index (χ3n) is 4.82. The molecule has 1 saturated heterocycles. The molecule has 2 N–H and O–H groups in total. The number of thioether (sulfide) groups is 1. The molecule has 9 heteroatoms. The largest absolute Gasteiger partial charge is 0.508 e. The standard InChI is InChI=1S/C21H23N5O3S/c1-25-20(15-6-8-16(27)9-7-15)23-24-21(25)30-14-19(28)22-17-4-2-3-5-18(17)26-10-12-29-13-11-26/h2-9,27H,10-14H2,1H3,(H,22,28). The lowest BCUT2D eigenvalue weighted by atomic mass is 10.2. The number of morpholine rings is 1. The smallest absolute Gasteiger partial charge is 0.234 e. The van der Waals surface area contributed by atoms with Gasteiger partial charge in [-0.05, 0) is 36.4 Å². The van der Waals surface area contributed by atoms with Crippen molar-refractivity contribution >= 4 is 29.0 Å². The van der Waals surface area contributed by atoms with E-state index in [-0.39, 0.29) is 17.4 Å². The molecule has 0 spiro atoms. The van der Waals surface area contributed by atoms with Crippen molar-refractivity contribution in [2.24, 2.45) is 7.05 Å². The lowest BCUT2D eigenvalue weighted by Crippen LogP contribution is -2.36. The van der Waals surface area contributed by atoms with Crippen LogP contribution in [-0.2, 0) is 16.6 Å². The van der Waals surface area contributed by atoms with Gasteiger partial charge in [0.05, 0.1) is 30.3 Å². The van der Waals surface area contributed by atoms with E-state index < -0.39 is 0 Å². The number of phenolic OH excluding ortho intramolecular Hbond substituents is 1. The van der Waals surface area contributed by atoms with Gasteiger partial charge in [-0.2, -0.15) is 0 Å². The lowest BCUT2D eigenvalue weighted by molar-refractivity contribution is -0.113. The van der Waals surface area contributed by atoms with Gasteiger partial charge in [0.25, 0.3) is 0 Å². The summed E-state index contributed by atoms with van der Waals surface area (Å²) in [6.45, 7) is 2.99. The van der Waals surface area contributed by atoms with E-state index in [9.17, 15) is 9.90 Å². The highest BCUT2D eigenvalue weighted by Gasteiger charge is 2.17. The molecule has 1 aliphatic rings. The van der Waals surface area contributed by atoms with Crippen LogP contribution >= 0.6 is 11.8 Å². The van der Waals surface area contributed by atoms with Crippen LogP contribution in [-0.4, -0.2) is 57.8 Å². The molecule has 0 saturated carbocycles. The van der Waals surface area contributed by atoms with Crippen LogP contribution in [0.4, 0.5) is 11.4 Å². The molecule has 0 radical (unpaired) electrons. The monoisotopic (exact) mass is 425 g/mol.